The van der Waals surface area contributed by atoms with Gasteiger partial charge in [-0.05, 0) is 45.6 Å². The molecular weight excluding hydrogens is 405 g/mol. The van der Waals surface area contributed by atoms with Gasteiger partial charge in [0.15, 0.2) is 5.96 Å². The molecule has 1 saturated heterocycles. The maximum Gasteiger partial charge on any atom is 0.191 e. The van der Waals surface area contributed by atoms with Crippen LogP contribution in [0.3, 0.4) is 0 Å². The van der Waals surface area contributed by atoms with Crippen molar-refractivity contribution < 1.29 is 4.74 Å². The zero-order valence-electron chi connectivity index (χ0n) is 14.9. The molecule has 1 aliphatic rings. The van der Waals surface area contributed by atoms with E-state index >= 15 is 0 Å². The van der Waals surface area contributed by atoms with E-state index in [0.717, 1.165) is 50.6 Å². The second-order valence-electron chi connectivity index (χ2n) is 6.28. The number of hydrogen-bond donors (Lipinski definition) is 2. The number of guanidine groups is 1. The molecule has 0 spiro atoms. The van der Waals surface area contributed by atoms with Gasteiger partial charge in [-0.3, -0.25) is 9.67 Å². The van der Waals surface area contributed by atoms with Crippen molar-refractivity contribution in [2.24, 2.45) is 12.0 Å². The predicted octanol–water partition coefficient (Wildman–Crippen LogP) is 1.93. The van der Waals surface area contributed by atoms with Gasteiger partial charge in [0.2, 0.25) is 0 Å². The van der Waals surface area contributed by atoms with Crippen molar-refractivity contribution in [2.45, 2.75) is 45.6 Å². The normalized spacial score (nSPS) is 21.2. The van der Waals surface area contributed by atoms with E-state index in [1.807, 2.05) is 11.7 Å². The number of halogens is 1. The number of ether oxygens (including phenoxy) is 1. The summed E-state index contributed by atoms with van der Waals surface area (Å²) in [6.45, 7) is 8.82. The molecule has 7 heteroatoms. The second kappa shape index (κ2) is 8.86. The lowest BCUT2D eigenvalue weighted by Gasteiger charge is -2.24. The van der Waals surface area contributed by atoms with Gasteiger partial charge >= 0.3 is 0 Å². The number of rotatable bonds is 5. The van der Waals surface area contributed by atoms with E-state index in [0.29, 0.717) is 0 Å². The zero-order valence-corrected chi connectivity index (χ0v) is 17.2. The lowest BCUT2D eigenvalue weighted by molar-refractivity contribution is 0.0243. The summed E-state index contributed by atoms with van der Waals surface area (Å²) in [5.74, 6) is 0.830. The van der Waals surface area contributed by atoms with Gasteiger partial charge in [0.05, 0.1) is 11.3 Å². The molecule has 1 aliphatic heterocycles. The fourth-order valence-electron chi connectivity index (χ4n) is 2.95. The van der Waals surface area contributed by atoms with Crippen LogP contribution in [0.1, 0.15) is 36.7 Å². The molecule has 0 amide bonds. The molecule has 1 aromatic rings. The Bertz CT molecular complexity index is 535. The summed E-state index contributed by atoms with van der Waals surface area (Å²) in [7, 11) is 3.79. The first kappa shape index (κ1) is 20.2. The van der Waals surface area contributed by atoms with Crippen LogP contribution in [0.4, 0.5) is 0 Å². The number of nitrogens with zero attached hydrogens (tertiary/aromatic N) is 3. The van der Waals surface area contributed by atoms with Gasteiger partial charge in [-0.2, -0.15) is 5.10 Å². The Morgan fingerprint density at radius 1 is 1.39 bits per heavy atom. The maximum absolute atomic E-state index is 5.79. The molecule has 1 atom stereocenters. The summed E-state index contributed by atoms with van der Waals surface area (Å²) in [6, 6.07) is 0. The van der Waals surface area contributed by atoms with Crippen LogP contribution in [0.2, 0.25) is 0 Å². The fourth-order valence-corrected chi connectivity index (χ4v) is 2.95. The quantitative estimate of drug-likeness (QED) is 0.422. The standard InChI is InChI=1S/C16H29N5O.HI/c1-12-14(13(2)21(5)20-12)7-9-18-15(17-4)19-11-16(3)8-6-10-22-16;/h6-11H2,1-5H3,(H2,17,18,19);1H. The highest BCUT2D eigenvalue weighted by Gasteiger charge is 2.29. The average molecular weight is 435 g/mol. The largest absolute Gasteiger partial charge is 0.373 e. The zero-order chi connectivity index (χ0) is 16.2. The number of aryl methyl sites for hydroxylation is 2. The highest BCUT2D eigenvalue weighted by atomic mass is 127. The third-order valence-electron chi connectivity index (χ3n) is 4.48. The highest BCUT2D eigenvalue weighted by Crippen LogP contribution is 2.23. The Morgan fingerprint density at radius 2 is 2.13 bits per heavy atom. The maximum atomic E-state index is 5.79. The van der Waals surface area contributed by atoms with Crippen molar-refractivity contribution in [3.05, 3.63) is 17.0 Å². The van der Waals surface area contributed by atoms with E-state index < -0.39 is 0 Å². The summed E-state index contributed by atoms with van der Waals surface area (Å²) >= 11 is 0. The Morgan fingerprint density at radius 3 is 2.65 bits per heavy atom. The highest BCUT2D eigenvalue weighted by molar-refractivity contribution is 14.0. The van der Waals surface area contributed by atoms with Gasteiger partial charge in [0.1, 0.15) is 0 Å². The van der Waals surface area contributed by atoms with Gasteiger partial charge in [-0.1, -0.05) is 0 Å². The molecule has 6 nitrogen and oxygen atoms in total. The molecule has 2 N–H and O–H groups in total. The molecule has 1 fully saturated rings. The minimum absolute atomic E-state index is 0. The summed E-state index contributed by atoms with van der Waals surface area (Å²) < 4.78 is 7.73. The molecule has 2 heterocycles. The van der Waals surface area contributed by atoms with Crippen LogP contribution in [0.25, 0.3) is 0 Å². The summed E-state index contributed by atoms with van der Waals surface area (Å²) in [5.41, 5.74) is 3.59. The van der Waals surface area contributed by atoms with Crippen LogP contribution in [0.5, 0.6) is 0 Å². The van der Waals surface area contributed by atoms with Crippen molar-refractivity contribution >= 4 is 29.9 Å². The number of aliphatic imine (C=N–C) groups is 1. The molecule has 0 saturated carbocycles. The first-order chi connectivity index (χ1) is 10.4. The molecule has 0 bridgehead atoms. The van der Waals surface area contributed by atoms with Crippen LogP contribution in [-0.4, -0.2) is 48.1 Å². The number of nitrogens with one attached hydrogen (secondary N) is 2. The minimum atomic E-state index is -0.0614. The third kappa shape index (κ3) is 5.34. The molecule has 0 aromatic carbocycles. The lowest BCUT2D eigenvalue weighted by atomic mass is 10.0. The SMILES string of the molecule is CN=C(NCCc1c(C)nn(C)c1C)NCC1(C)CCCO1.I. The Labute approximate surface area is 156 Å². The van der Waals surface area contributed by atoms with Gasteiger partial charge in [-0.25, -0.2) is 0 Å². The third-order valence-corrected chi connectivity index (χ3v) is 4.48. The smallest absolute Gasteiger partial charge is 0.191 e. The van der Waals surface area contributed by atoms with Crippen molar-refractivity contribution in [1.82, 2.24) is 20.4 Å². The first-order valence-electron chi connectivity index (χ1n) is 8.03. The van der Waals surface area contributed by atoms with Crippen LogP contribution in [0.15, 0.2) is 4.99 Å². The van der Waals surface area contributed by atoms with E-state index in [4.69, 9.17) is 4.74 Å². The van der Waals surface area contributed by atoms with Gasteiger partial charge in [0.25, 0.3) is 0 Å². The van der Waals surface area contributed by atoms with Gasteiger partial charge in [-0.15, -0.1) is 24.0 Å². The molecule has 2 rings (SSSR count). The topological polar surface area (TPSA) is 63.5 Å². The van der Waals surface area contributed by atoms with Gasteiger partial charge < -0.3 is 15.4 Å². The van der Waals surface area contributed by atoms with Crippen LogP contribution < -0.4 is 10.6 Å². The Balaban J connectivity index is 0.00000264. The molecule has 1 aromatic heterocycles. The number of hydrogen-bond acceptors (Lipinski definition) is 3. The van der Waals surface area contributed by atoms with Crippen LogP contribution in [0, 0.1) is 13.8 Å². The predicted molar refractivity (Wildman–Crippen MR) is 105 cm³/mol. The van der Waals surface area contributed by atoms with Crippen molar-refractivity contribution in [3.8, 4) is 0 Å². The lowest BCUT2D eigenvalue weighted by Crippen LogP contribution is -2.46. The summed E-state index contributed by atoms with van der Waals surface area (Å²) in [6.07, 6.45) is 3.19. The first-order valence-corrected chi connectivity index (χ1v) is 8.03. The van der Waals surface area contributed by atoms with Crippen LogP contribution in [-0.2, 0) is 18.2 Å². The second-order valence-corrected chi connectivity index (χ2v) is 6.28. The van der Waals surface area contributed by atoms with Crippen LogP contribution >= 0.6 is 24.0 Å². The summed E-state index contributed by atoms with van der Waals surface area (Å²) in [5, 5.41) is 11.2. The molecule has 1 unspecified atom stereocenters. The molecule has 0 radical (unpaired) electrons. The van der Waals surface area contributed by atoms with Crippen molar-refractivity contribution in [1.29, 1.82) is 0 Å². The molecule has 132 valence electrons. The monoisotopic (exact) mass is 435 g/mol. The van der Waals surface area contributed by atoms with E-state index in [2.05, 4.69) is 41.5 Å². The van der Waals surface area contributed by atoms with Gasteiger partial charge in [0, 0.05) is 39.5 Å². The molecular formula is C16H30IN5O. The van der Waals surface area contributed by atoms with E-state index in [9.17, 15) is 0 Å². The van der Waals surface area contributed by atoms with E-state index in [1.54, 1.807) is 7.05 Å². The molecule has 23 heavy (non-hydrogen) atoms. The summed E-state index contributed by atoms with van der Waals surface area (Å²) in [4.78, 5) is 4.28. The average Bonchev–Trinajstić information content (AvgIpc) is 3.01. The van der Waals surface area contributed by atoms with E-state index in [-0.39, 0.29) is 29.6 Å². The minimum Gasteiger partial charge on any atom is -0.373 e. The molecule has 0 aliphatic carbocycles. The Hall–Kier alpha value is -0.830. The fraction of sp³-hybridized carbons (Fsp3) is 0.750. The van der Waals surface area contributed by atoms with Crippen molar-refractivity contribution in [2.75, 3.05) is 26.7 Å². The Kier molecular flexibility index (Phi) is 7.79. The van der Waals surface area contributed by atoms with E-state index in [1.165, 1.54) is 11.3 Å². The van der Waals surface area contributed by atoms with Crippen molar-refractivity contribution in [3.63, 3.8) is 0 Å². The number of aromatic nitrogens is 2.